The van der Waals surface area contributed by atoms with E-state index in [2.05, 4.69) is 11.9 Å². The second-order valence-electron chi connectivity index (χ2n) is 5.96. The fraction of sp³-hybridized carbons (Fsp3) is 0.412. The van der Waals surface area contributed by atoms with Crippen molar-refractivity contribution in [1.29, 1.82) is 0 Å². The minimum atomic E-state index is -0.442. The van der Waals surface area contributed by atoms with Crippen LogP contribution in [0.5, 0.6) is 11.5 Å². The molecule has 0 N–H and O–H groups in total. The number of hydrogen-bond donors (Lipinski definition) is 0. The van der Waals surface area contributed by atoms with Crippen LogP contribution in [0, 0.1) is 12.8 Å². The van der Waals surface area contributed by atoms with Crippen LogP contribution in [-0.4, -0.2) is 31.8 Å². The molecule has 1 aliphatic heterocycles. The molecule has 108 valence electrons. The van der Waals surface area contributed by atoms with E-state index in [9.17, 15) is 4.79 Å². The zero-order chi connectivity index (χ0) is 14.8. The monoisotopic (exact) mass is 283 g/mol. The SMILES string of the molecule is C/N=C1/C[C@]23c4c(C)ccc(OC)c4O[C@H]2C(=O)C=C[C@@H]13. The maximum absolute atomic E-state index is 12.3. The van der Waals surface area contributed by atoms with Crippen LogP contribution in [0.25, 0.3) is 0 Å². The largest absolute Gasteiger partial charge is 0.493 e. The summed E-state index contributed by atoms with van der Waals surface area (Å²) < 4.78 is 11.5. The molecule has 2 aliphatic carbocycles. The molecular weight excluding hydrogens is 266 g/mol. The summed E-state index contributed by atoms with van der Waals surface area (Å²) in [4.78, 5) is 16.7. The first-order valence-electron chi connectivity index (χ1n) is 7.15. The van der Waals surface area contributed by atoms with Gasteiger partial charge in [0.1, 0.15) is 0 Å². The highest BCUT2D eigenvalue weighted by atomic mass is 16.5. The van der Waals surface area contributed by atoms with Crippen molar-refractivity contribution in [2.24, 2.45) is 10.9 Å². The Hall–Kier alpha value is -2.10. The molecule has 1 aromatic carbocycles. The van der Waals surface area contributed by atoms with E-state index in [-0.39, 0.29) is 17.1 Å². The van der Waals surface area contributed by atoms with Crippen molar-refractivity contribution in [2.45, 2.75) is 24.9 Å². The number of aryl methyl sites for hydroxylation is 1. The van der Waals surface area contributed by atoms with Gasteiger partial charge in [0.2, 0.25) is 0 Å². The molecule has 4 rings (SSSR count). The van der Waals surface area contributed by atoms with Crippen LogP contribution in [-0.2, 0) is 10.2 Å². The van der Waals surface area contributed by atoms with Gasteiger partial charge in [0, 0.05) is 30.7 Å². The van der Waals surface area contributed by atoms with E-state index in [1.807, 2.05) is 25.3 Å². The molecule has 1 spiro atoms. The number of ether oxygens (including phenoxy) is 2. The molecule has 4 nitrogen and oxygen atoms in total. The van der Waals surface area contributed by atoms with Gasteiger partial charge in [0.15, 0.2) is 23.4 Å². The van der Waals surface area contributed by atoms with Gasteiger partial charge >= 0.3 is 0 Å². The number of fused-ring (bicyclic) bond motifs is 1. The van der Waals surface area contributed by atoms with Crippen molar-refractivity contribution >= 4 is 11.5 Å². The molecule has 0 aromatic heterocycles. The summed E-state index contributed by atoms with van der Waals surface area (Å²) >= 11 is 0. The molecule has 21 heavy (non-hydrogen) atoms. The van der Waals surface area contributed by atoms with Crippen LogP contribution in [0.4, 0.5) is 0 Å². The lowest BCUT2D eigenvalue weighted by atomic mass is 9.50. The predicted octanol–water partition coefficient (Wildman–Crippen LogP) is 2.23. The molecule has 1 aromatic rings. The molecule has 1 fully saturated rings. The Morgan fingerprint density at radius 1 is 1.43 bits per heavy atom. The van der Waals surface area contributed by atoms with Crippen molar-refractivity contribution in [3.8, 4) is 11.5 Å². The first kappa shape index (κ1) is 12.6. The number of benzene rings is 1. The second-order valence-corrected chi connectivity index (χ2v) is 5.96. The number of carbonyl (C=O) groups excluding carboxylic acids is 1. The number of rotatable bonds is 1. The van der Waals surface area contributed by atoms with E-state index in [1.165, 1.54) is 0 Å². The topological polar surface area (TPSA) is 47.9 Å². The summed E-state index contributed by atoms with van der Waals surface area (Å²) in [7, 11) is 3.45. The van der Waals surface area contributed by atoms with Crippen LogP contribution in [0.3, 0.4) is 0 Å². The van der Waals surface area contributed by atoms with Crippen molar-refractivity contribution < 1.29 is 14.3 Å². The van der Waals surface area contributed by atoms with Gasteiger partial charge in [0.05, 0.1) is 12.5 Å². The quantitative estimate of drug-likeness (QED) is 0.794. The van der Waals surface area contributed by atoms with Crippen molar-refractivity contribution in [3.05, 3.63) is 35.4 Å². The van der Waals surface area contributed by atoms with Gasteiger partial charge in [-0.3, -0.25) is 9.79 Å². The second kappa shape index (κ2) is 3.97. The highest BCUT2D eigenvalue weighted by Gasteiger charge is 2.65. The standard InChI is InChI=1S/C17H17NO3/c1-9-4-7-13(20-3)15-14(9)17-8-11(18-2)10(17)5-6-12(19)16(17)21-15/h4-7,10,16H,8H2,1-3H3/b18-11-/t10-,16-,17-/m0/s1. The average molecular weight is 283 g/mol. The summed E-state index contributed by atoms with van der Waals surface area (Å²) in [5, 5.41) is 0. The molecular formula is C17H17NO3. The third-order valence-corrected chi connectivity index (χ3v) is 5.11. The Kier molecular flexibility index (Phi) is 2.39. The van der Waals surface area contributed by atoms with Gasteiger partial charge in [-0.15, -0.1) is 0 Å². The molecule has 0 saturated heterocycles. The number of ketones is 1. The van der Waals surface area contributed by atoms with Crippen LogP contribution in [0.1, 0.15) is 17.5 Å². The summed E-state index contributed by atoms with van der Waals surface area (Å²) in [6.07, 6.45) is 3.98. The van der Waals surface area contributed by atoms with Gasteiger partial charge in [-0.25, -0.2) is 0 Å². The highest BCUT2D eigenvalue weighted by molar-refractivity contribution is 6.08. The number of carbonyl (C=O) groups is 1. The third kappa shape index (κ3) is 1.30. The minimum absolute atomic E-state index is 0.0408. The maximum Gasteiger partial charge on any atom is 0.196 e. The summed E-state index contributed by atoms with van der Waals surface area (Å²) in [5.74, 6) is 1.64. The predicted molar refractivity (Wildman–Crippen MR) is 79.4 cm³/mol. The van der Waals surface area contributed by atoms with Crippen LogP contribution >= 0.6 is 0 Å². The number of hydrogen-bond acceptors (Lipinski definition) is 4. The highest BCUT2D eigenvalue weighted by Crippen LogP contribution is 2.61. The Morgan fingerprint density at radius 3 is 2.95 bits per heavy atom. The normalized spacial score (nSPS) is 33.9. The lowest BCUT2D eigenvalue weighted by Crippen LogP contribution is -2.61. The fourth-order valence-corrected chi connectivity index (χ4v) is 4.15. The van der Waals surface area contributed by atoms with E-state index >= 15 is 0 Å². The number of methoxy groups -OCH3 is 1. The van der Waals surface area contributed by atoms with Crippen LogP contribution in [0.15, 0.2) is 29.3 Å². The minimum Gasteiger partial charge on any atom is -0.493 e. The van der Waals surface area contributed by atoms with E-state index in [0.717, 1.165) is 29.0 Å². The van der Waals surface area contributed by atoms with Crippen molar-refractivity contribution in [2.75, 3.05) is 14.2 Å². The molecule has 1 heterocycles. The zero-order valence-corrected chi connectivity index (χ0v) is 12.3. The molecule has 0 amide bonds. The van der Waals surface area contributed by atoms with Crippen LogP contribution < -0.4 is 9.47 Å². The number of aliphatic imine (C=N–C) groups is 1. The van der Waals surface area contributed by atoms with E-state index in [1.54, 1.807) is 13.2 Å². The van der Waals surface area contributed by atoms with Gasteiger partial charge < -0.3 is 9.47 Å². The molecule has 0 unspecified atom stereocenters. The summed E-state index contributed by atoms with van der Waals surface area (Å²) in [6.45, 7) is 2.07. The first-order chi connectivity index (χ1) is 10.1. The molecule has 1 saturated carbocycles. The van der Waals surface area contributed by atoms with E-state index in [4.69, 9.17) is 9.47 Å². The Labute approximate surface area is 123 Å². The Balaban J connectivity index is 1.98. The first-order valence-corrected chi connectivity index (χ1v) is 7.15. The Morgan fingerprint density at radius 2 is 2.24 bits per heavy atom. The average Bonchev–Trinajstić information content (AvgIpc) is 2.83. The smallest absolute Gasteiger partial charge is 0.196 e. The van der Waals surface area contributed by atoms with E-state index in [0.29, 0.717) is 5.75 Å². The van der Waals surface area contributed by atoms with Crippen molar-refractivity contribution in [3.63, 3.8) is 0 Å². The molecule has 3 atom stereocenters. The third-order valence-electron chi connectivity index (χ3n) is 5.11. The molecule has 4 heteroatoms. The number of nitrogens with zero attached hydrogens (tertiary/aromatic N) is 1. The molecule has 0 bridgehead atoms. The molecule has 3 aliphatic rings. The van der Waals surface area contributed by atoms with Crippen LogP contribution in [0.2, 0.25) is 0 Å². The van der Waals surface area contributed by atoms with E-state index < -0.39 is 6.10 Å². The Bertz CT molecular complexity index is 719. The molecule has 0 radical (unpaired) electrons. The summed E-state index contributed by atoms with van der Waals surface area (Å²) in [6, 6.07) is 3.95. The lowest BCUT2D eigenvalue weighted by Gasteiger charge is -2.50. The summed E-state index contributed by atoms with van der Waals surface area (Å²) in [5.41, 5.74) is 3.13. The van der Waals surface area contributed by atoms with Gasteiger partial charge in [-0.2, -0.15) is 0 Å². The van der Waals surface area contributed by atoms with Crippen molar-refractivity contribution in [1.82, 2.24) is 0 Å². The number of allylic oxidation sites excluding steroid dienone is 1. The van der Waals surface area contributed by atoms with Gasteiger partial charge in [-0.05, 0) is 24.6 Å². The zero-order valence-electron chi connectivity index (χ0n) is 12.3. The maximum atomic E-state index is 12.3. The lowest BCUT2D eigenvalue weighted by molar-refractivity contribution is -0.124. The van der Waals surface area contributed by atoms with Gasteiger partial charge in [0.25, 0.3) is 0 Å². The fourth-order valence-electron chi connectivity index (χ4n) is 4.15. The van der Waals surface area contributed by atoms with Gasteiger partial charge in [-0.1, -0.05) is 12.1 Å².